The van der Waals surface area contributed by atoms with Crippen LogP contribution >= 0.6 is 11.6 Å². The molecule has 0 atom stereocenters. The molecule has 94 valence electrons. The van der Waals surface area contributed by atoms with Gasteiger partial charge in [0.1, 0.15) is 0 Å². The molecule has 0 radical (unpaired) electrons. The van der Waals surface area contributed by atoms with Gasteiger partial charge in [0.05, 0.1) is 5.69 Å². The van der Waals surface area contributed by atoms with E-state index in [1.165, 1.54) is 0 Å². The molecule has 0 aliphatic rings. The molecule has 1 N–H and O–H groups in total. The van der Waals surface area contributed by atoms with Crippen LogP contribution in [0.3, 0.4) is 0 Å². The maximum Gasteiger partial charge on any atom is 0.300 e. The summed E-state index contributed by atoms with van der Waals surface area (Å²) in [5.41, 5.74) is 2.12. The Morgan fingerprint density at radius 3 is 2.68 bits per heavy atom. The number of hydrogen-bond acceptors (Lipinski definition) is 2. The van der Waals surface area contributed by atoms with Crippen molar-refractivity contribution < 1.29 is 4.79 Å². The van der Waals surface area contributed by atoms with Crippen LogP contribution in [0.2, 0.25) is 5.15 Å². The predicted molar refractivity (Wildman–Crippen MR) is 75.9 cm³/mol. The number of rotatable bonds is 1. The number of hydrogen-bond donors (Lipinski definition) is 1. The van der Waals surface area contributed by atoms with E-state index in [-0.39, 0.29) is 5.15 Å². The monoisotopic (exact) mass is 270 g/mol. The number of carbonyl (C=O) groups excluding carboxylic acids is 1. The molecule has 0 saturated heterocycles. The molecule has 1 amide bonds. The molecule has 0 spiro atoms. The number of nitrogens with zero attached hydrogens (tertiary/aromatic N) is 1. The Labute approximate surface area is 116 Å². The molecule has 0 aliphatic heterocycles. The van der Waals surface area contributed by atoms with E-state index in [0.717, 1.165) is 11.1 Å². The fourth-order valence-corrected chi connectivity index (χ4v) is 1.72. The fourth-order valence-electron chi connectivity index (χ4n) is 1.47. The van der Waals surface area contributed by atoms with E-state index < -0.39 is 5.91 Å². The van der Waals surface area contributed by atoms with Crippen molar-refractivity contribution >= 4 is 23.2 Å². The third kappa shape index (κ3) is 3.57. The summed E-state index contributed by atoms with van der Waals surface area (Å²) in [6.07, 6.45) is 1.59. The van der Waals surface area contributed by atoms with E-state index in [1.54, 1.807) is 12.3 Å². The Balaban J connectivity index is 2.13. The van der Waals surface area contributed by atoms with Crippen molar-refractivity contribution in [2.45, 2.75) is 6.92 Å². The normalized spacial score (nSPS) is 9.37. The molecule has 0 aliphatic carbocycles. The highest BCUT2D eigenvalue weighted by atomic mass is 35.5. The number of amides is 1. The average Bonchev–Trinajstić information content (AvgIpc) is 2.42. The van der Waals surface area contributed by atoms with Crippen molar-refractivity contribution in [2.75, 3.05) is 5.32 Å². The Bertz CT molecular complexity index is 637. The molecule has 0 unspecified atom stereocenters. The highest BCUT2D eigenvalue weighted by molar-refractivity contribution is 6.32. The largest absolute Gasteiger partial charge is 0.312 e. The highest BCUT2D eigenvalue weighted by Crippen LogP contribution is 2.22. The summed E-state index contributed by atoms with van der Waals surface area (Å²) < 4.78 is 0. The third-order valence-electron chi connectivity index (χ3n) is 2.45. The Morgan fingerprint density at radius 1 is 1.26 bits per heavy atom. The van der Waals surface area contributed by atoms with Crippen LogP contribution in [0.5, 0.6) is 0 Å². The number of aromatic nitrogens is 1. The number of nitrogens with one attached hydrogen (secondary N) is 1. The van der Waals surface area contributed by atoms with Crippen molar-refractivity contribution in [1.82, 2.24) is 4.98 Å². The van der Waals surface area contributed by atoms with Crippen molar-refractivity contribution in [2.24, 2.45) is 0 Å². The van der Waals surface area contributed by atoms with Gasteiger partial charge in [0.15, 0.2) is 5.15 Å². The van der Waals surface area contributed by atoms with Gasteiger partial charge >= 0.3 is 5.91 Å². The Kier molecular flexibility index (Phi) is 4.17. The van der Waals surface area contributed by atoms with Gasteiger partial charge in [-0.25, -0.2) is 4.98 Å². The van der Waals surface area contributed by atoms with Crippen molar-refractivity contribution in [3.05, 3.63) is 58.9 Å². The number of carbonyl (C=O) groups is 1. The molecular formula is C15H11ClN2O. The predicted octanol–water partition coefficient (Wildman–Crippen LogP) is 3.03. The first kappa shape index (κ1) is 13.1. The zero-order valence-corrected chi connectivity index (χ0v) is 11.0. The van der Waals surface area contributed by atoms with Gasteiger partial charge in [-0.2, -0.15) is 0 Å². The lowest BCUT2D eigenvalue weighted by Crippen LogP contribution is -2.10. The van der Waals surface area contributed by atoms with Crippen LogP contribution in [0, 0.1) is 18.8 Å². The molecule has 2 aromatic rings. The first-order valence-corrected chi connectivity index (χ1v) is 6.04. The van der Waals surface area contributed by atoms with Gasteiger partial charge in [-0.05, 0) is 30.7 Å². The summed E-state index contributed by atoms with van der Waals surface area (Å²) in [4.78, 5) is 15.6. The first-order chi connectivity index (χ1) is 9.16. The second-order valence-electron chi connectivity index (χ2n) is 3.86. The second kappa shape index (κ2) is 6.03. The van der Waals surface area contributed by atoms with E-state index in [1.807, 2.05) is 37.3 Å². The van der Waals surface area contributed by atoms with E-state index in [9.17, 15) is 4.79 Å². The van der Waals surface area contributed by atoms with Gasteiger partial charge in [0, 0.05) is 17.7 Å². The van der Waals surface area contributed by atoms with E-state index in [4.69, 9.17) is 11.6 Å². The highest BCUT2D eigenvalue weighted by Gasteiger charge is 2.07. The van der Waals surface area contributed by atoms with Gasteiger partial charge in [-0.1, -0.05) is 35.7 Å². The van der Waals surface area contributed by atoms with Crippen LogP contribution in [0.1, 0.15) is 11.1 Å². The molecule has 1 aromatic heterocycles. The number of halogens is 1. The minimum Gasteiger partial charge on any atom is -0.312 e. The topological polar surface area (TPSA) is 42.0 Å². The zero-order valence-electron chi connectivity index (χ0n) is 10.3. The standard InChI is InChI=1S/C15H11ClN2O/c1-11-9-10-17-15(16)14(11)18-13(19)8-7-12-5-3-2-4-6-12/h2-6,9-10H,1H3,(H,18,19). The quantitative estimate of drug-likeness (QED) is 0.639. The number of aryl methyl sites for hydroxylation is 1. The maximum atomic E-state index is 11.7. The minimum absolute atomic E-state index is 0.259. The van der Waals surface area contributed by atoms with Gasteiger partial charge < -0.3 is 5.32 Å². The molecule has 0 bridgehead atoms. The minimum atomic E-state index is -0.415. The summed E-state index contributed by atoms with van der Waals surface area (Å²) in [6.45, 7) is 1.84. The van der Waals surface area contributed by atoms with Gasteiger partial charge in [0.25, 0.3) is 0 Å². The number of benzene rings is 1. The van der Waals surface area contributed by atoms with Crippen LogP contribution in [0.15, 0.2) is 42.6 Å². The fraction of sp³-hybridized carbons (Fsp3) is 0.0667. The van der Waals surface area contributed by atoms with Crippen LogP contribution in [-0.2, 0) is 4.79 Å². The zero-order chi connectivity index (χ0) is 13.7. The molecule has 0 saturated carbocycles. The van der Waals surface area contributed by atoms with Crippen LogP contribution < -0.4 is 5.32 Å². The number of pyridine rings is 1. The molecular weight excluding hydrogens is 260 g/mol. The molecule has 3 nitrogen and oxygen atoms in total. The summed E-state index contributed by atoms with van der Waals surface area (Å²) in [7, 11) is 0. The molecule has 19 heavy (non-hydrogen) atoms. The van der Waals surface area contributed by atoms with Crippen LogP contribution in [0.25, 0.3) is 0 Å². The first-order valence-electron chi connectivity index (χ1n) is 5.66. The molecule has 1 aromatic carbocycles. The Hall–Kier alpha value is -2.31. The van der Waals surface area contributed by atoms with Crippen molar-refractivity contribution in [3.63, 3.8) is 0 Å². The molecule has 4 heteroatoms. The summed E-state index contributed by atoms with van der Waals surface area (Å²) in [5.74, 6) is 4.88. The number of anilines is 1. The third-order valence-corrected chi connectivity index (χ3v) is 2.73. The van der Waals surface area contributed by atoms with Crippen LogP contribution in [0.4, 0.5) is 5.69 Å². The van der Waals surface area contributed by atoms with Crippen molar-refractivity contribution in [1.29, 1.82) is 0 Å². The van der Waals surface area contributed by atoms with Gasteiger partial charge in [-0.3, -0.25) is 4.79 Å². The lowest BCUT2D eigenvalue weighted by atomic mass is 10.2. The van der Waals surface area contributed by atoms with Crippen LogP contribution in [-0.4, -0.2) is 10.9 Å². The summed E-state index contributed by atoms with van der Waals surface area (Å²) >= 11 is 5.92. The Morgan fingerprint density at radius 2 is 2.00 bits per heavy atom. The van der Waals surface area contributed by atoms with Gasteiger partial charge in [0.2, 0.25) is 0 Å². The van der Waals surface area contributed by atoms with E-state index >= 15 is 0 Å². The second-order valence-corrected chi connectivity index (χ2v) is 4.22. The summed E-state index contributed by atoms with van der Waals surface area (Å²) in [5, 5.41) is 2.90. The smallest absolute Gasteiger partial charge is 0.300 e. The lowest BCUT2D eigenvalue weighted by molar-refractivity contribution is -0.111. The maximum absolute atomic E-state index is 11.7. The SMILES string of the molecule is Cc1ccnc(Cl)c1NC(=O)C#Cc1ccccc1. The van der Waals surface area contributed by atoms with E-state index in [0.29, 0.717) is 5.69 Å². The van der Waals surface area contributed by atoms with Crippen molar-refractivity contribution in [3.8, 4) is 11.8 Å². The molecule has 1 heterocycles. The lowest BCUT2D eigenvalue weighted by Gasteiger charge is -2.06. The van der Waals surface area contributed by atoms with Gasteiger partial charge in [-0.15, -0.1) is 0 Å². The molecule has 0 fully saturated rings. The molecule has 2 rings (SSSR count). The van der Waals surface area contributed by atoms with E-state index in [2.05, 4.69) is 22.1 Å². The average molecular weight is 271 g/mol. The summed E-state index contributed by atoms with van der Waals surface area (Å²) in [6, 6.07) is 11.1.